The molecule has 1 rings (SSSR count). The molecule has 0 saturated heterocycles. The highest BCUT2D eigenvalue weighted by Crippen LogP contribution is 2.24. The van der Waals surface area contributed by atoms with Crippen LogP contribution < -0.4 is 0 Å². The minimum atomic E-state index is -0.419. The lowest BCUT2D eigenvalue weighted by atomic mass is 9.89. The van der Waals surface area contributed by atoms with Gasteiger partial charge in [-0.1, -0.05) is 18.6 Å². The third-order valence-electron chi connectivity index (χ3n) is 3.01. The average Bonchev–Trinajstić information content (AvgIpc) is 2.18. The lowest BCUT2D eigenvalue weighted by Gasteiger charge is -2.28. The van der Waals surface area contributed by atoms with Crippen molar-refractivity contribution < 1.29 is 9.53 Å². The highest BCUT2D eigenvalue weighted by atomic mass is 16.6. The number of amides is 1. The molecule has 3 heteroatoms. The van der Waals surface area contributed by atoms with E-state index in [1.807, 2.05) is 20.8 Å². The van der Waals surface area contributed by atoms with Gasteiger partial charge in [-0.05, 0) is 46.0 Å². The summed E-state index contributed by atoms with van der Waals surface area (Å²) in [5, 5.41) is 0. The number of hydrogen-bond acceptors (Lipinski definition) is 2. The van der Waals surface area contributed by atoms with Crippen LogP contribution in [0.5, 0.6) is 0 Å². The molecule has 0 spiro atoms. The van der Waals surface area contributed by atoms with E-state index in [1.165, 1.54) is 18.4 Å². The number of carbonyl (C=O) groups excluding carboxylic acids is 1. The lowest BCUT2D eigenvalue weighted by molar-refractivity contribution is 0.0310. The monoisotopic (exact) mass is 239 g/mol. The maximum Gasteiger partial charge on any atom is 0.410 e. The number of hydrogen-bond donors (Lipinski definition) is 0. The van der Waals surface area contributed by atoms with E-state index in [9.17, 15) is 4.79 Å². The van der Waals surface area contributed by atoms with E-state index in [0.717, 1.165) is 6.42 Å². The maximum atomic E-state index is 11.8. The molecule has 0 fully saturated rings. The SMILES string of the molecule is CC1CCCC=C1CN(C)C(=O)OC(C)(C)C. The summed E-state index contributed by atoms with van der Waals surface area (Å²) in [5.41, 5.74) is 0.947. The summed E-state index contributed by atoms with van der Waals surface area (Å²) < 4.78 is 5.34. The second-order valence-electron chi connectivity index (χ2n) is 5.95. The molecule has 1 amide bonds. The Morgan fingerprint density at radius 3 is 2.71 bits per heavy atom. The zero-order chi connectivity index (χ0) is 13.1. The summed E-state index contributed by atoms with van der Waals surface area (Å²) in [6.07, 6.45) is 5.67. The van der Waals surface area contributed by atoms with Crippen molar-refractivity contribution in [3.8, 4) is 0 Å². The van der Waals surface area contributed by atoms with Gasteiger partial charge in [-0.3, -0.25) is 0 Å². The van der Waals surface area contributed by atoms with Crippen LogP contribution in [0.25, 0.3) is 0 Å². The van der Waals surface area contributed by atoms with E-state index in [1.54, 1.807) is 11.9 Å². The molecule has 0 aromatic heterocycles. The zero-order valence-electron chi connectivity index (χ0n) is 11.7. The Morgan fingerprint density at radius 2 is 2.18 bits per heavy atom. The quantitative estimate of drug-likeness (QED) is 0.689. The fourth-order valence-electron chi connectivity index (χ4n) is 2.00. The molecule has 98 valence electrons. The van der Waals surface area contributed by atoms with Crippen molar-refractivity contribution in [1.29, 1.82) is 0 Å². The van der Waals surface area contributed by atoms with Gasteiger partial charge in [-0.25, -0.2) is 4.79 Å². The van der Waals surface area contributed by atoms with Gasteiger partial charge < -0.3 is 9.64 Å². The van der Waals surface area contributed by atoms with E-state index < -0.39 is 5.60 Å². The van der Waals surface area contributed by atoms with Crippen molar-refractivity contribution in [2.75, 3.05) is 13.6 Å². The predicted octanol–water partition coefficient (Wildman–Crippen LogP) is 3.60. The number of nitrogens with zero attached hydrogens (tertiary/aromatic N) is 1. The van der Waals surface area contributed by atoms with Gasteiger partial charge in [-0.15, -0.1) is 0 Å². The molecule has 0 bridgehead atoms. The molecule has 1 unspecified atom stereocenters. The number of carbonyl (C=O) groups is 1. The van der Waals surface area contributed by atoms with Crippen LogP contribution in [-0.4, -0.2) is 30.2 Å². The van der Waals surface area contributed by atoms with Crippen LogP contribution in [0.1, 0.15) is 47.0 Å². The van der Waals surface area contributed by atoms with Crippen molar-refractivity contribution in [3.05, 3.63) is 11.6 Å². The number of likely N-dealkylation sites (N-methyl/N-ethyl adjacent to an activating group) is 1. The Balaban J connectivity index is 2.51. The summed E-state index contributed by atoms with van der Waals surface area (Å²) >= 11 is 0. The van der Waals surface area contributed by atoms with Crippen molar-refractivity contribution in [3.63, 3.8) is 0 Å². The predicted molar refractivity (Wildman–Crippen MR) is 70.0 cm³/mol. The third-order valence-corrected chi connectivity index (χ3v) is 3.01. The van der Waals surface area contributed by atoms with E-state index in [4.69, 9.17) is 4.74 Å². The summed E-state index contributed by atoms with van der Waals surface area (Å²) in [5.74, 6) is 0.591. The summed E-state index contributed by atoms with van der Waals surface area (Å²) in [7, 11) is 1.80. The molecule has 0 aromatic rings. The second kappa shape index (κ2) is 5.56. The van der Waals surface area contributed by atoms with Crippen LogP contribution in [0.4, 0.5) is 4.79 Å². The van der Waals surface area contributed by atoms with Gasteiger partial charge in [0.2, 0.25) is 0 Å². The van der Waals surface area contributed by atoms with Gasteiger partial charge >= 0.3 is 6.09 Å². The van der Waals surface area contributed by atoms with Crippen LogP contribution >= 0.6 is 0 Å². The zero-order valence-corrected chi connectivity index (χ0v) is 11.7. The molecule has 1 atom stereocenters. The molecule has 3 nitrogen and oxygen atoms in total. The Hall–Kier alpha value is -0.990. The first-order valence-electron chi connectivity index (χ1n) is 6.42. The van der Waals surface area contributed by atoms with E-state index >= 15 is 0 Å². The van der Waals surface area contributed by atoms with E-state index in [2.05, 4.69) is 13.0 Å². The molecule has 0 radical (unpaired) electrons. The van der Waals surface area contributed by atoms with Crippen LogP contribution in [0.15, 0.2) is 11.6 Å². The Bertz CT molecular complexity index is 302. The number of allylic oxidation sites excluding steroid dienone is 1. The highest BCUT2D eigenvalue weighted by molar-refractivity contribution is 5.68. The molecule has 0 heterocycles. The Morgan fingerprint density at radius 1 is 1.53 bits per heavy atom. The first-order chi connectivity index (χ1) is 7.79. The van der Waals surface area contributed by atoms with Gasteiger partial charge in [0, 0.05) is 13.6 Å². The maximum absolute atomic E-state index is 11.8. The van der Waals surface area contributed by atoms with E-state index in [0.29, 0.717) is 12.5 Å². The molecule has 0 aliphatic heterocycles. The molecule has 1 aliphatic rings. The van der Waals surface area contributed by atoms with Gasteiger partial charge in [-0.2, -0.15) is 0 Å². The molecule has 17 heavy (non-hydrogen) atoms. The largest absolute Gasteiger partial charge is 0.444 e. The van der Waals surface area contributed by atoms with Crippen molar-refractivity contribution in [2.24, 2.45) is 5.92 Å². The normalized spacial score (nSPS) is 20.8. The standard InChI is InChI=1S/C14H25NO2/c1-11-8-6-7-9-12(11)10-15(5)13(16)17-14(2,3)4/h9,11H,6-8,10H2,1-5H3. The fourth-order valence-corrected chi connectivity index (χ4v) is 2.00. The van der Waals surface area contributed by atoms with Gasteiger partial charge in [0.25, 0.3) is 0 Å². The average molecular weight is 239 g/mol. The Labute approximate surface area is 105 Å². The summed E-state index contributed by atoms with van der Waals surface area (Å²) in [6, 6.07) is 0. The van der Waals surface area contributed by atoms with Gasteiger partial charge in [0.15, 0.2) is 0 Å². The van der Waals surface area contributed by atoms with Crippen molar-refractivity contribution in [2.45, 2.75) is 52.6 Å². The first-order valence-corrected chi connectivity index (χ1v) is 6.42. The smallest absolute Gasteiger partial charge is 0.410 e. The lowest BCUT2D eigenvalue weighted by Crippen LogP contribution is -2.36. The van der Waals surface area contributed by atoms with Crippen molar-refractivity contribution in [1.82, 2.24) is 4.90 Å². The van der Waals surface area contributed by atoms with Crippen LogP contribution in [0.2, 0.25) is 0 Å². The second-order valence-corrected chi connectivity index (χ2v) is 5.95. The molecular weight excluding hydrogens is 214 g/mol. The van der Waals surface area contributed by atoms with Crippen LogP contribution in [0, 0.1) is 5.92 Å². The van der Waals surface area contributed by atoms with E-state index in [-0.39, 0.29) is 6.09 Å². The number of ether oxygens (including phenoxy) is 1. The van der Waals surface area contributed by atoms with Gasteiger partial charge in [0.1, 0.15) is 5.60 Å². The molecule has 0 aromatic carbocycles. The Kier molecular flexibility index (Phi) is 4.61. The highest BCUT2D eigenvalue weighted by Gasteiger charge is 2.22. The van der Waals surface area contributed by atoms with Gasteiger partial charge in [0.05, 0.1) is 0 Å². The molecule has 0 N–H and O–H groups in total. The van der Waals surface area contributed by atoms with Crippen LogP contribution in [-0.2, 0) is 4.74 Å². The molecule has 0 saturated carbocycles. The third kappa shape index (κ3) is 4.80. The molecule has 1 aliphatic carbocycles. The number of rotatable bonds is 2. The minimum absolute atomic E-state index is 0.240. The first kappa shape index (κ1) is 14.1. The summed E-state index contributed by atoms with van der Waals surface area (Å²) in [6.45, 7) is 8.59. The fraction of sp³-hybridized carbons (Fsp3) is 0.786. The minimum Gasteiger partial charge on any atom is -0.444 e. The van der Waals surface area contributed by atoms with Crippen LogP contribution in [0.3, 0.4) is 0 Å². The summed E-state index contributed by atoms with van der Waals surface area (Å²) in [4.78, 5) is 13.5. The topological polar surface area (TPSA) is 29.5 Å². The van der Waals surface area contributed by atoms with Crippen molar-refractivity contribution >= 4 is 6.09 Å². The molecular formula is C14H25NO2.